The van der Waals surface area contributed by atoms with E-state index in [4.69, 9.17) is 5.11 Å². The van der Waals surface area contributed by atoms with Gasteiger partial charge < -0.3 is 20.2 Å². The van der Waals surface area contributed by atoms with Crippen LogP contribution >= 0.6 is 0 Å². The van der Waals surface area contributed by atoms with Crippen LogP contribution in [-0.4, -0.2) is 66.0 Å². The molecule has 2 N–H and O–H groups in total. The first-order chi connectivity index (χ1) is 9.00. The van der Waals surface area contributed by atoms with E-state index >= 15 is 0 Å². The molecule has 108 valence electrons. The molecule has 0 bridgehead atoms. The monoisotopic (exact) mass is 271 g/mol. The highest BCUT2D eigenvalue weighted by molar-refractivity contribution is 5.84. The molecule has 0 aromatic carbocycles. The fourth-order valence-electron chi connectivity index (χ4n) is 1.87. The average Bonchev–Trinajstić information content (AvgIpc) is 2.51. The number of amides is 3. The quantitative estimate of drug-likeness (QED) is 0.695. The van der Waals surface area contributed by atoms with Gasteiger partial charge in [-0.2, -0.15) is 0 Å². The molecule has 1 aliphatic rings. The summed E-state index contributed by atoms with van der Waals surface area (Å²) < 4.78 is 0. The van der Waals surface area contributed by atoms with Crippen LogP contribution in [0.3, 0.4) is 0 Å². The minimum atomic E-state index is -0.826. The Morgan fingerprint density at radius 1 is 1.32 bits per heavy atom. The number of carbonyl (C=O) groups excluding carboxylic acids is 2. The Kier molecular flexibility index (Phi) is 6.11. The molecule has 3 amide bonds. The largest absolute Gasteiger partial charge is 0.481 e. The standard InChI is InChI=1S/C12H21N3O4/c1-14-7-4-8-15(9-10(14)16)12(19)13-6-3-2-5-11(17)18/h2-9H2,1H3,(H,13,19)(H,17,18). The van der Waals surface area contributed by atoms with Crippen LogP contribution in [0.15, 0.2) is 0 Å². The number of aliphatic carboxylic acids is 1. The molecule has 0 saturated carbocycles. The summed E-state index contributed by atoms with van der Waals surface area (Å²) in [6.07, 6.45) is 2.05. The fraction of sp³-hybridized carbons (Fsp3) is 0.750. The summed E-state index contributed by atoms with van der Waals surface area (Å²) in [4.78, 5) is 36.9. The molecule has 0 aromatic rings. The first-order valence-corrected chi connectivity index (χ1v) is 6.49. The number of hydrogen-bond acceptors (Lipinski definition) is 3. The predicted octanol–water partition coefficient (Wildman–Crippen LogP) is 0.115. The minimum absolute atomic E-state index is 0.0569. The van der Waals surface area contributed by atoms with Crippen LogP contribution in [0.5, 0.6) is 0 Å². The SMILES string of the molecule is CN1CCCN(C(=O)NCCCCC(=O)O)CC1=O. The van der Waals surface area contributed by atoms with Crippen molar-refractivity contribution in [3.8, 4) is 0 Å². The molecule has 0 spiro atoms. The zero-order valence-electron chi connectivity index (χ0n) is 11.2. The molecule has 7 heteroatoms. The Hall–Kier alpha value is -1.79. The van der Waals surface area contributed by atoms with Crippen LogP contribution in [0, 0.1) is 0 Å². The van der Waals surface area contributed by atoms with E-state index in [0.29, 0.717) is 32.5 Å². The molecule has 1 rings (SSSR count). The van der Waals surface area contributed by atoms with Crippen molar-refractivity contribution in [2.45, 2.75) is 25.7 Å². The van der Waals surface area contributed by atoms with Crippen molar-refractivity contribution >= 4 is 17.9 Å². The van der Waals surface area contributed by atoms with E-state index in [1.165, 1.54) is 4.90 Å². The van der Waals surface area contributed by atoms with Crippen molar-refractivity contribution in [2.24, 2.45) is 0 Å². The van der Waals surface area contributed by atoms with E-state index in [1.54, 1.807) is 11.9 Å². The van der Waals surface area contributed by atoms with Crippen LogP contribution in [0.2, 0.25) is 0 Å². The number of unbranched alkanes of at least 4 members (excludes halogenated alkanes) is 1. The van der Waals surface area contributed by atoms with Gasteiger partial charge in [-0.25, -0.2) is 4.79 Å². The normalized spacial score (nSPS) is 16.2. The van der Waals surface area contributed by atoms with Crippen LogP contribution < -0.4 is 5.32 Å². The number of carbonyl (C=O) groups is 3. The van der Waals surface area contributed by atoms with Gasteiger partial charge in [0, 0.05) is 33.1 Å². The van der Waals surface area contributed by atoms with Gasteiger partial charge in [-0.15, -0.1) is 0 Å². The number of rotatable bonds is 5. The van der Waals surface area contributed by atoms with E-state index in [-0.39, 0.29) is 24.9 Å². The first kappa shape index (κ1) is 15.3. The minimum Gasteiger partial charge on any atom is -0.481 e. The van der Waals surface area contributed by atoms with E-state index in [0.717, 1.165) is 6.42 Å². The van der Waals surface area contributed by atoms with Crippen LogP contribution in [0.4, 0.5) is 4.79 Å². The Morgan fingerprint density at radius 2 is 2.05 bits per heavy atom. The molecular formula is C12H21N3O4. The molecule has 0 aliphatic carbocycles. The van der Waals surface area contributed by atoms with Gasteiger partial charge in [0.1, 0.15) is 6.54 Å². The Labute approximate surface area is 112 Å². The molecular weight excluding hydrogens is 250 g/mol. The molecule has 1 saturated heterocycles. The molecule has 0 aromatic heterocycles. The lowest BCUT2D eigenvalue weighted by Crippen LogP contribution is -2.43. The average molecular weight is 271 g/mol. The van der Waals surface area contributed by atoms with Crippen LogP contribution in [0.1, 0.15) is 25.7 Å². The topological polar surface area (TPSA) is 89.9 Å². The number of urea groups is 1. The Bertz CT molecular complexity index is 346. The summed E-state index contributed by atoms with van der Waals surface area (Å²) >= 11 is 0. The van der Waals surface area contributed by atoms with Crippen molar-refractivity contribution in [1.29, 1.82) is 0 Å². The van der Waals surface area contributed by atoms with Crippen molar-refractivity contribution in [2.75, 3.05) is 33.2 Å². The third-order valence-corrected chi connectivity index (χ3v) is 3.05. The van der Waals surface area contributed by atoms with Crippen molar-refractivity contribution < 1.29 is 19.5 Å². The lowest BCUT2D eigenvalue weighted by Gasteiger charge is -2.20. The highest BCUT2D eigenvalue weighted by Gasteiger charge is 2.22. The number of carboxylic acid groups (broad SMARTS) is 1. The van der Waals surface area contributed by atoms with Gasteiger partial charge in [-0.05, 0) is 19.3 Å². The van der Waals surface area contributed by atoms with Gasteiger partial charge in [0.05, 0.1) is 0 Å². The predicted molar refractivity (Wildman–Crippen MR) is 68.7 cm³/mol. The second kappa shape index (κ2) is 7.60. The molecule has 7 nitrogen and oxygen atoms in total. The molecule has 0 unspecified atom stereocenters. The van der Waals surface area contributed by atoms with Gasteiger partial charge in [0.2, 0.25) is 5.91 Å². The third-order valence-electron chi connectivity index (χ3n) is 3.05. The van der Waals surface area contributed by atoms with E-state index in [9.17, 15) is 14.4 Å². The van der Waals surface area contributed by atoms with E-state index in [2.05, 4.69) is 5.32 Å². The second-order valence-electron chi connectivity index (χ2n) is 4.67. The summed E-state index contributed by atoms with van der Waals surface area (Å²) in [6.45, 7) is 1.78. The van der Waals surface area contributed by atoms with Crippen LogP contribution in [-0.2, 0) is 9.59 Å². The zero-order valence-corrected chi connectivity index (χ0v) is 11.2. The fourth-order valence-corrected chi connectivity index (χ4v) is 1.87. The maximum atomic E-state index is 11.8. The third kappa shape index (κ3) is 5.58. The van der Waals surface area contributed by atoms with E-state index in [1.807, 2.05) is 0 Å². The zero-order chi connectivity index (χ0) is 14.3. The van der Waals surface area contributed by atoms with Gasteiger partial charge in [0.15, 0.2) is 0 Å². The molecule has 1 fully saturated rings. The number of nitrogens with one attached hydrogen (secondary N) is 1. The first-order valence-electron chi connectivity index (χ1n) is 6.49. The molecule has 1 heterocycles. The van der Waals surface area contributed by atoms with Gasteiger partial charge >= 0.3 is 12.0 Å². The lowest BCUT2D eigenvalue weighted by molar-refractivity contribution is -0.137. The smallest absolute Gasteiger partial charge is 0.317 e. The Morgan fingerprint density at radius 3 is 2.74 bits per heavy atom. The van der Waals surface area contributed by atoms with E-state index < -0.39 is 5.97 Å². The summed E-state index contributed by atoms with van der Waals surface area (Å²) in [7, 11) is 1.73. The summed E-state index contributed by atoms with van der Waals surface area (Å²) in [5, 5.41) is 11.2. The highest BCUT2D eigenvalue weighted by atomic mass is 16.4. The number of likely N-dealkylation sites (N-methyl/N-ethyl adjacent to an activating group) is 1. The number of nitrogens with zero attached hydrogens (tertiary/aromatic N) is 2. The van der Waals surface area contributed by atoms with Gasteiger partial charge in [-0.3, -0.25) is 9.59 Å². The molecule has 1 aliphatic heterocycles. The molecule has 0 atom stereocenters. The summed E-state index contributed by atoms with van der Waals surface area (Å²) in [6, 6.07) is -0.251. The van der Waals surface area contributed by atoms with Crippen LogP contribution in [0.25, 0.3) is 0 Å². The maximum absolute atomic E-state index is 11.8. The van der Waals surface area contributed by atoms with Crippen molar-refractivity contribution in [1.82, 2.24) is 15.1 Å². The highest BCUT2D eigenvalue weighted by Crippen LogP contribution is 2.03. The maximum Gasteiger partial charge on any atom is 0.317 e. The lowest BCUT2D eigenvalue weighted by atomic mass is 10.2. The molecule has 0 radical (unpaired) electrons. The summed E-state index contributed by atoms with van der Waals surface area (Å²) in [5.74, 6) is -0.883. The molecule has 19 heavy (non-hydrogen) atoms. The van der Waals surface area contributed by atoms with Crippen molar-refractivity contribution in [3.05, 3.63) is 0 Å². The number of carboxylic acids is 1. The summed E-state index contributed by atoms with van der Waals surface area (Å²) in [5.41, 5.74) is 0. The second-order valence-corrected chi connectivity index (χ2v) is 4.67. The number of hydrogen-bond donors (Lipinski definition) is 2. The van der Waals surface area contributed by atoms with Gasteiger partial charge in [0.25, 0.3) is 0 Å². The Balaban J connectivity index is 2.25. The van der Waals surface area contributed by atoms with Gasteiger partial charge in [-0.1, -0.05) is 0 Å². The van der Waals surface area contributed by atoms with Crippen molar-refractivity contribution in [3.63, 3.8) is 0 Å².